The van der Waals surface area contributed by atoms with E-state index in [0.717, 1.165) is 31.7 Å². The Labute approximate surface area is 147 Å². The Morgan fingerprint density at radius 3 is 2.36 bits per heavy atom. The maximum absolute atomic E-state index is 12.2. The molecule has 0 bridgehead atoms. The molecule has 1 saturated heterocycles. The summed E-state index contributed by atoms with van der Waals surface area (Å²) in [7, 11) is 2.15. The third-order valence-corrected chi connectivity index (χ3v) is 4.66. The normalized spacial score (nSPS) is 16.5. The van der Waals surface area contributed by atoms with Gasteiger partial charge in [0.05, 0.1) is 11.6 Å². The monoisotopic (exact) mass is 340 g/mol. The van der Waals surface area contributed by atoms with Crippen molar-refractivity contribution in [1.82, 2.24) is 15.2 Å². The van der Waals surface area contributed by atoms with Crippen LogP contribution in [0.2, 0.25) is 0 Å². The molecule has 6 heteroatoms. The summed E-state index contributed by atoms with van der Waals surface area (Å²) < 4.78 is 0. The molecule has 1 atom stereocenters. The number of hydrogen-bond acceptors (Lipinski definition) is 4. The summed E-state index contributed by atoms with van der Waals surface area (Å²) in [6.07, 6.45) is 1.43. The van der Waals surface area contributed by atoms with Gasteiger partial charge in [-0.1, -0.05) is 12.1 Å². The number of pyridine rings is 1. The highest BCUT2D eigenvalue weighted by molar-refractivity contribution is 5.94. The molecule has 25 heavy (non-hydrogen) atoms. The summed E-state index contributed by atoms with van der Waals surface area (Å²) in [6, 6.07) is 11.1. The van der Waals surface area contributed by atoms with E-state index in [1.807, 2.05) is 6.92 Å². The van der Waals surface area contributed by atoms with Gasteiger partial charge in [0.2, 0.25) is 5.56 Å². The zero-order valence-corrected chi connectivity index (χ0v) is 14.7. The first-order valence-electron chi connectivity index (χ1n) is 8.56. The SMILES string of the molecule is C[C@H](NC(=O)c1ccc(=O)[nH]c1)c1ccc(N2CCN(C)CC2)cc1. The van der Waals surface area contributed by atoms with Gasteiger partial charge in [-0.05, 0) is 37.7 Å². The van der Waals surface area contributed by atoms with Crippen molar-refractivity contribution in [2.45, 2.75) is 13.0 Å². The topological polar surface area (TPSA) is 68.4 Å². The first-order chi connectivity index (χ1) is 12.0. The fourth-order valence-corrected chi connectivity index (χ4v) is 2.95. The lowest BCUT2D eigenvalue weighted by Gasteiger charge is -2.34. The number of carbonyl (C=O) groups is 1. The van der Waals surface area contributed by atoms with E-state index in [2.05, 4.69) is 51.4 Å². The van der Waals surface area contributed by atoms with Crippen molar-refractivity contribution in [1.29, 1.82) is 0 Å². The van der Waals surface area contributed by atoms with E-state index < -0.39 is 0 Å². The Morgan fingerprint density at radius 1 is 1.08 bits per heavy atom. The van der Waals surface area contributed by atoms with Crippen LogP contribution in [0.5, 0.6) is 0 Å². The molecule has 0 saturated carbocycles. The molecule has 6 nitrogen and oxygen atoms in total. The van der Waals surface area contributed by atoms with Crippen molar-refractivity contribution in [3.8, 4) is 0 Å². The smallest absolute Gasteiger partial charge is 0.253 e. The zero-order valence-electron chi connectivity index (χ0n) is 14.7. The van der Waals surface area contributed by atoms with Gasteiger partial charge in [-0.25, -0.2) is 0 Å². The lowest BCUT2D eigenvalue weighted by atomic mass is 10.1. The van der Waals surface area contributed by atoms with Crippen LogP contribution in [-0.2, 0) is 0 Å². The second-order valence-corrected chi connectivity index (χ2v) is 6.52. The number of amides is 1. The maximum atomic E-state index is 12.2. The van der Waals surface area contributed by atoms with Crippen LogP contribution in [0, 0.1) is 0 Å². The number of aromatic nitrogens is 1. The number of carbonyl (C=O) groups excluding carboxylic acids is 1. The quantitative estimate of drug-likeness (QED) is 0.887. The highest BCUT2D eigenvalue weighted by atomic mass is 16.2. The lowest BCUT2D eigenvalue weighted by Crippen LogP contribution is -2.44. The molecule has 3 rings (SSSR count). The molecule has 0 spiro atoms. The Hall–Kier alpha value is -2.60. The van der Waals surface area contributed by atoms with Crippen LogP contribution < -0.4 is 15.8 Å². The molecular formula is C19H24N4O2. The molecule has 2 heterocycles. The predicted molar refractivity (Wildman–Crippen MR) is 99.1 cm³/mol. The standard InChI is InChI=1S/C19H24N4O2/c1-14(21-19(25)16-5-8-18(24)20-13-16)15-3-6-17(7-4-15)23-11-9-22(2)10-12-23/h3-8,13-14H,9-12H2,1-2H3,(H,20,24)(H,21,25)/t14-/m0/s1. The average Bonchev–Trinajstić information content (AvgIpc) is 2.63. The first-order valence-corrected chi connectivity index (χ1v) is 8.56. The molecule has 0 unspecified atom stereocenters. The number of H-pyrrole nitrogens is 1. The van der Waals surface area contributed by atoms with E-state index in [-0.39, 0.29) is 17.5 Å². The molecule has 2 N–H and O–H groups in total. The van der Waals surface area contributed by atoms with E-state index in [1.165, 1.54) is 24.0 Å². The van der Waals surface area contributed by atoms with Gasteiger partial charge in [0.25, 0.3) is 5.91 Å². The van der Waals surface area contributed by atoms with Gasteiger partial charge in [-0.15, -0.1) is 0 Å². The van der Waals surface area contributed by atoms with E-state index >= 15 is 0 Å². The van der Waals surface area contributed by atoms with Crippen molar-refractivity contribution >= 4 is 11.6 Å². The molecule has 1 aliphatic rings. The van der Waals surface area contributed by atoms with Crippen molar-refractivity contribution < 1.29 is 4.79 Å². The number of piperazine rings is 1. The number of likely N-dealkylation sites (N-methyl/N-ethyl adjacent to an activating group) is 1. The van der Waals surface area contributed by atoms with Crippen molar-refractivity contribution in [2.24, 2.45) is 0 Å². The number of rotatable bonds is 4. The van der Waals surface area contributed by atoms with E-state index in [1.54, 1.807) is 0 Å². The molecule has 1 aromatic heterocycles. The van der Waals surface area contributed by atoms with Gasteiger partial charge in [0.1, 0.15) is 0 Å². The van der Waals surface area contributed by atoms with Crippen LogP contribution >= 0.6 is 0 Å². The lowest BCUT2D eigenvalue weighted by molar-refractivity contribution is 0.0939. The van der Waals surface area contributed by atoms with Gasteiger partial charge in [0.15, 0.2) is 0 Å². The summed E-state index contributed by atoms with van der Waals surface area (Å²) >= 11 is 0. The maximum Gasteiger partial charge on any atom is 0.253 e. The zero-order chi connectivity index (χ0) is 17.8. The summed E-state index contributed by atoms with van der Waals surface area (Å²) in [6.45, 7) is 6.18. The number of nitrogens with one attached hydrogen (secondary N) is 2. The summed E-state index contributed by atoms with van der Waals surface area (Å²) in [5.41, 5.74) is 2.50. The number of nitrogens with zero attached hydrogens (tertiary/aromatic N) is 2. The second kappa shape index (κ2) is 7.53. The van der Waals surface area contributed by atoms with Gasteiger partial charge in [-0.2, -0.15) is 0 Å². The van der Waals surface area contributed by atoms with Crippen molar-refractivity contribution in [3.63, 3.8) is 0 Å². The number of benzene rings is 1. The highest BCUT2D eigenvalue weighted by Gasteiger charge is 2.15. The molecular weight excluding hydrogens is 316 g/mol. The van der Waals surface area contributed by atoms with Crippen LogP contribution in [0.4, 0.5) is 5.69 Å². The van der Waals surface area contributed by atoms with Crippen LogP contribution in [0.3, 0.4) is 0 Å². The molecule has 0 aliphatic carbocycles. The van der Waals surface area contributed by atoms with Gasteiger partial charge >= 0.3 is 0 Å². The van der Waals surface area contributed by atoms with Crippen LogP contribution in [-0.4, -0.2) is 49.0 Å². The molecule has 2 aromatic rings. The van der Waals surface area contributed by atoms with Crippen LogP contribution in [0.25, 0.3) is 0 Å². The van der Waals surface area contributed by atoms with Gasteiger partial charge in [-0.3, -0.25) is 9.59 Å². The molecule has 1 aromatic carbocycles. The molecule has 1 aliphatic heterocycles. The molecule has 1 amide bonds. The van der Waals surface area contributed by atoms with Crippen LogP contribution in [0.15, 0.2) is 47.4 Å². The number of aromatic amines is 1. The summed E-state index contributed by atoms with van der Waals surface area (Å²) in [4.78, 5) is 30.5. The Kier molecular flexibility index (Phi) is 5.19. The minimum atomic E-state index is -0.218. The fraction of sp³-hybridized carbons (Fsp3) is 0.368. The molecule has 1 fully saturated rings. The fourth-order valence-electron chi connectivity index (χ4n) is 2.95. The van der Waals surface area contributed by atoms with Crippen LogP contribution in [0.1, 0.15) is 28.9 Å². The Bertz CT molecular complexity index is 756. The molecule has 0 radical (unpaired) electrons. The van der Waals surface area contributed by atoms with E-state index in [9.17, 15) is 9.59 Å². The highest BCUT2D eigenvalue weighted by Crippen LogP contribution is 2.20. The minimum Gasteiger partial charge on any atom is -0.369 e. The second-order valence-electron chi connectivity index (χ2n) is 6.52. The Balaban J connectivity index is 1.62. The largest absolute Gasteiger partial charge is 0.369 e. The summed E-state index contributed by atoms with van der Waals surface area (Å²) in [5, 5.41) is 2.96. The van der Waals surface area contributed by atoms with Crippen molar-refractivity contribution in [2.75, 3.05) is 38.1 Å². The van der Waals surface area contributed by atoms with Crippen molar-refractivity contribution in [3.05, 3.63) is 64.1 Å². The van der Waals surface area contributed by atoms with Gasteiger partial charge in [0, 0.05) is 44.1 Å². The minimum absolute atomic E-state index is 0.110. The third-order valence-electron chi connectivity index (χ3n) is 4.66. The average molecular weight is 340 g/mol. The molecule has 132 valence electrons. The number of hydrogen-bond donors (Lipinski definition) is 2. The first kappa shape index (κ1) is 17.2. The van der Waals surface area contributed by atoms with E-state index in [4.69, 9.17) is 0 Å². The third kappa shape index (κ3) is 4.28. The predicted octanol–water partition coefficient (Wildman–Crippen LogP) is 1.62. The number of anilines is 1. The van der Waals surface area contributed by atoms with Gasteiger partial charge < -0.3 is 20.1 Å². The Morgan fingerprint density at radius 2 is 1.76 bits per heavy atom. The summed E-state index contributed by atoms with van der Waals surface area (Å²) in [5.74, 6) is -0.202. The van der Waals surface area contributed by atoms with E-state index in [0.29, 0.717) is 5.56 Å².